The fourth-order valence-electron chi connectivity index (χ4n) is 3.13. The molecule has 2 aromatic heterocycles. The van der Waals surface area contributed by atoms with E-state index >= 15 is 0 Å². The van der Waals surface area contributed by atoms with Crippen LogP contribution in [0.25, 0.3) is 0 Å². The zero-order chi connectivity index (χ0) is 26.6. The van der Waals surface area contributed by atoms with Crippen molar-refractivity contribution in [2.24, 2.45) is 5.73 Å². The second-order valence-corrected chi connectivity index (χ2v) is 7.90. The van der Waals surface area contributed by atoms with Gasteiger partial charge >= 0.3 is 5.97 Å². The highest BCUT2D eigenvalue weighted by Crippen LogP contribution is 2.04. The van der Waals surface area contributed by atoms with Gasteiger partial charge in [0.25, 0.3) is 5.91 Å². The summed E-state index contributed by atoms with van der Waals surface area (Å²) in [5.41, 5.74) is 8.14. The molecule has 0 bridgehead atoms. The zero-order valence-corrected chi connectivity index (χ0v) is 20.7. The van der Waals surface area contributed by atoms with E-state index in [-0.39, 0.29) is 17.6 Å². The SMILES string of the molecule is NCCCCc1ccccc1.O=C(NCCCCc1ccccc1)c1ncn[nH]1.O=C(O)c1ncn[nH]1. The number of unbranched alkanes of at least 4 members (excludes halogenated alkanes) is 2. The summed E-state index contributed by atoms with van der Waals surface area (Å²) in [5.74, 6) is -1.17. The van der Waals surface area contributed by atoms with Gasteiger partial charge in [-0.15, -0.1) is 0 Å². The van der Waals surface area contributed by atoms with Crippen LogP contribution in [0, 0.1) is 0 Å². The fourth-order valence-corrected chi connectivity index (χ4v) is 3.13. The summed E-state index contributed by atoms with van der Waals surface area (Å²) >= 11 is 0. The number of carboxylic acid groups (broad SMARTS) is 1. The standard InChI is InChI=1S/C13H16N4O.C10H15N.C3H3N3O2/c18-13(12-15-10-16-17-12)14-9-5-4-8-11-6-2-1-3-7-11;11-9-5-4-8-10-6-2-1-3-7-10;7-3(8)2-4-1-5-6-2/h1-3,6-7,10H,4-5,8-9H2,(H,14,18)(H,15,16,17);1-3,6-7H,4-5,8-9,11H2;1H,(H,7,8)(H,4,5,6). The van der Waals surface area contributed by atoms with Crippen LogP contribution in [0.2, 0.25) is 0 Å². The van der Waals surface area contributed by atoms with E-state index in [4.69, 9.17) is 10.8 Å². The molecule has 6 N–H and O–H groups in total. The number of aromatic amines is 2. The van der Waals surface area contributed by atoms with Crippen LogP contribution in [0.4, 0.5) is 0 Å². The lowest BCUT2D eigenvalue weighted by Crippen LogP contribution is -2.25. The molecular formula is C26H34N8O3. The van der Waals surface area contributed by atoms with E-state index in [1.54, 1.807) is 0 Å². The Morgan fingerprint density at radius 1 is 0.757 bits per heavy atom. The van der Waals surface area contributed by atoms with Crippen molar-refractivity contribution in [1.29, 1.82) is 0 Å². The molecule has 4 rings (SSSR count). The van der Waals surface area contributed by atoms with Crippen LogP contribution < -0.4 is 11.1 Å². The first-order valence-corrected chi connectivity index (χ1v) is 12.1. The summed E-state index contributed by atoms with van der Waals surface area (Å²) in [4.78, 5) is 28.6. The lowest BCUT2D eigenvalue weighted by atomic mass is 10.1. The molecule has 0 unspecified atom stereocenters. The van der Waals surface area contributed by atoms with Crippen LogP contribution in [-0.2, 0) is 12.8 Å². The van der Waals surface area contributed by atoms with Crippen molar-refractivity contribution < 1.29 is 14.7 Å². The first kappa shape index (κ1) is 28.9. The topological polar surface area (TPSA) is 176 Å². The number of nitrogens with one attached hydrogen (secondary N) is 3. The number of benzene rings is 2. The number of nitrogens with two attached hydrogens (primary N) is 1. The Kier molecular flexibility index (Phi) is 14.0. The molecule has 1 amide bonds. The number of amides is 1. The summed E-state index contributed by atoms with van der Waals surface area (Å²) in [7, 11) is 0. The smallest absolute Gasteiger partial charge is 0.373 e. The number of aromatic carboxylic acids is 1. The molecular weight excluding hydrogens is 472 g/mol. The van der Waals surface area contributed by atoms with E-state index in [0.29, 0.717) is 6.54 Å². The number of hydrogen-bond donors (Lipinski definition) is 5. The third-order valence-corrected chi connectivity index (χ3v) is 5.03. The van der Waals surface area contributed by atoms with Gasteiger partial charge in [0.15, 0.2) is 0 Å². The molecule has 2 aromatic carbocycles. The van der Waals surface area contributed by atoms with Crippen molar-refractivity contribution in [3.8, 4) is 0 Å². The highest BCUT2D eigenvalue weighted by atomic mass is 16.4. The fraction of sp³-hybridized carbons (Fsp3) is 0.308. The van der Waals surface area contributed by atoms with Gasteiger partial charge in [-0.2, -0.15) is 10.2 Å². The lowest BCUT2D eigenvalue weighted by molar-refractivity contribution is 0.0683. The summed E-state index contributed by atoms with van der Waals surface area (Å²) in [6.45, 7) is 1.47. The van der Waals surface area contributed by atoms with E-state index in [2.05, 4.69) is 72.1 Å². The summed E-state index contributed by atoms with van der Waals surface area (Å²) in [5, 5.41) is 22.6. The second kappa shape index (κ2) is 18.0. The largest absolute Gasteiger partial charge is 0.475 e. The second-order valence-electron chi connectivity index (χ2n) is 7.90. The predicted molar refractivity (Wildman–Crippen MR) is 140 cm³/mol. The molecule has 0 aliphatic rings. The molecule has 37 heavy (non-hydrogen) atoms. The Bertz CT molecular complexity index is 1110. The molecule has 196 valence electrons. The Labute approximate surface area is 216 Å². The van der Waals surface area contributed by atoms with Crippen molar-refractivity contribution in [2.45, 2.75) is 38.5 Å². The van der Waals surface area contributed by atoms with E-state index in [1.807, 2.05) is 24.3 Å². The molecule has 0 radical (unpaired) electrons. The van der Waals surface area contributed by atoms with Crippen molar-refractivity contribution in [1.82, 2.24) is 35.7 Å². The first-order valence-electron chi connectivity index (χ1n) is 12.1. The minimum Gasteiger partial charge on any atom is -0.475 e. The van der Waals surface area contributed by atoms with E-state index < -0.39 is 5.97 Å². The van der Waals surface area contributed by atoms with Gasteiger partial charge in [0.2, 0.25) is 11.6 Å². The number of aromatic nitrogens is 6. The number of carbonyl (C=O) groups excluding carboxylic acids is 1. The molecule has 0 saturated heterocycles. The number of rotatable bonds is 11. The number of aryl methyl sites for hydroxylation is 2. The molecule has 0 aliphatic carbocycles. The molecule has 11 nitrogen and oxygen atoms in total. The Morgan fingerprint density at radius 2 is 1.27 bits per heavy atom. The third kappa shape index (κ3) is 12.8. The maximum atomic E-state index is 11.5. The lowest BCUT2D eigenvalue weighted by Gasteiger charge is -2.03. The van der Waals surface area contributed by atoms with Gasteiger partial charge in [-0.05, 0) is 56.2 Å². The average molecular weight is 507 g/mol. The molecule has 0 spiro atoms. The van der Waals surface area contributed by atoms with E-state index in [9.17, 15) is 9.59 Å². The van der Waals surface area contributed by atoms with Gasteiger partial charge in [0.05, 0.1) is 0 Å². The Morgan fingerprint density at radius 3 is 1.70 bits per heavy atom. The molecule has 0 saturated carbocycles. The van der Waals surface area contributed by atoms with Gasteiger partial charge in [0, 0.05) is 6.54 Å². The number of carbonyl (C=O) groups is 2. The molecule has 2 heterocycles. The Hall–Kier alpha value is -4.38. The summed E-state index contributed by atoms with van der Waals surface area (Å²) < 4.78 is 0. The van der Waals surface area contributed by atoms with Crippen LogP contribution >= 0.6 is 0 Å². The van der Waals surface area contributed by atoms with Crippen LogP contribution in [0.1, 0.15) is 58.0 Å². The van der Waals surface area contributed by atoms with Gasteiger partial charge in [-0.3, -0.25) is 15.0 Å². The zero-order valence-electron chi connectivity index (χ0n) is 20.7. The Balaban J connectivity index is 0.000000215. The number of nitrogens with zero attached hydrogens (tertiary/aromatic N) is 4. The number of carboxylic acids is 1. The van der Waals surface area contributed by atoms with Gasteiger partial charge < -0.3 is 16.2 Å². The van der Waals surface area contributed by atoms with Crippen LogP contribution in [0.15, 0.2) is 73.3 Å². The minimum atomic E-state index is -1.09. The van der Waals surface area contributed by atoms with Gasteiger partial charge in [0.1, 0.15) is 12.7 Å². The first-order chi connectivity index (χ1) is 18.1. The van der Waals surface area contributed by atoms with Crippen LogP contribution in [0.5, 0.6) is 0 Å². The van der Waals surface area contributed by atoms with Crippen molar-refractivity contribution in [3.63, 3.8) is 0 Å². The maximum Gasteiger partial charge on any atom is 0.373 e. The van der Waals surface area contributed by atoms with Gasteiger partial charge in [-0.25, -0.2) is 14.8 Å². The van der Waals surface area contributed by atoms with E-state index in [1.165, 1.54) is 23.9 Å². The number of hydrogen-bond acceptors (Lipinski definition) is 7. The quantitative estimate of drug-likeness (QED) is 0.193. The van der Waals surface area contributed by atoms with Crippen molar-refractivity contribution in [3.05, 3.63) is 96.1 Å². The molecule has 4 aromatic rings. The summed E-state index contributed by atoms with van der Waals surface area (Å²) in [6.07, 6.45) is 9.02. The molecule has 0 aliphatic heterocycles. The van der Waals surface area contributed by atoms with Crippen LogP contribution in [0.3, 0.4) is 0 Å². The highest BCUT2D eigenvalue weighted by molar-refractivity contribution is 5.90. The van der Waals surface area contributed by atoms with E-state index in [0.717, 1.165) is 45.0 Å². The highest BCUT2D eigenvalue weighted by Gasteiger charge is 2.06. The molecule has 11 heteroatoms. The average Bonchev–Trinajstić information content (AvgIpc) is 3.66. The maximum absolute atomic E-state index is 11.5. The van der Waals surface area contributed by atoms with Gasteiger partial charge in [-0.1, -0.05) is 60.7 Å². The van der Waals surface area contributed by atoms with Crippen molar-refractivity contribution >= 4 is 11.9 Å². The molecule has 0 atom stereocenters. The minimum absolute atomic E-state index is 0.134. The molecule has 0 fully saturated rings. The third-order valence-electron chi connectivity index (χ3n) is 5.03. The summed E-state index contributed by atoms with van der Waals surface area (Å²) in [6, 6.07) is 20.9. The van der Waals surface area contributed by atoms with Crippen LogP contribution in [-0.4, -0.2) is 60.4 Å². The number of H-pyrrole nitrogens is 2. The monoisotopic (exact) mass is 506 g/mol. The predicted octanol–water partition coefficient (Wildman–Crippen LogP) is 3.03. The normalized spacial score (nSPS) is 9.86. The van der Waals surface area contributed by atoms with Crippen molar-refractivity contribution in [2.75, 3.05) is 13.1 Å².